The van der Waals surface area contributed by atoms with Crippen molar-refractivity contribution in [3.63, 3.8) is 0 Å². The number of hydrogen-bond donors (Lipinski definition) is 2. The van der Waals surface area contributed by atoms with Gasteiger partial charge in [-0.15, -0.1) is 0 Å². The zero-order valence-electron chi connectivity index (χ0n) is 8.49. The molecule has 0 aromatic heterocycles. The summed E-state index contributed by atoms with van der Waals surface area (Å²) in [5.74, 6) is -1.54. The van der Waals surface area contributed by atoms with E-state index in [1.54, 1.807) is 0 Å². The zero-order valence-corrected chi connectivity index (χ0v) is 8.49. The molecule has 2 nitrogen and oxygen atoms in total. The molecule has 0 spiro atoms. The van der Waals surface area contributed by atoms with Gasteiger partial charge in [-0.05, 0) is 13.0 Å². The molecule has 0 saturated heterocycles. The van der Waals surface area contributed by atoms with Crippen LogP contribution >= 0.6 is 0 Å². The molecule has 0 unspecified atom stereocenters. The highest BCUT2D eigenvalue weighted by atomic mass is 19.1. The molecule has 0 radical (unpaired) electrons. The summed E-state index contributed by atoms with van der Waals surface area (Å²) < 4.78 is 25.3. The molecule has 1 aromatic rings. The van der Waals surface area contributed by atoms with Crippen molar-refractivity contribution in [2.24, 2.45) is 0 Å². The Morgan fingerprint density at radius 1 is 1.29 bits per heavy atom. The van der Waals surface area contributed by atoms with Crippen LogP contribution in [0.4, 0.5) is 14.5 Å². The van der Waals surface area contributed by atoms with Crippen LogP contribution in [0, 0.1) is 17.0 Å². The van der Waals surface area contributed by atoms with E-state index < -0.39 is 11.6 Å². The van der Waals surface area contributed by atoms with Crippen LogP contribution in [-0.4, -0.2) is 5.71 Å². The van der Waals surface area contributed by atoms with E-state index in [9.17, 15) is 8.78 Å². The van der Waals surface area contributed by atoms with Crippen molar-refractivity contribution in [2.75, 3.05) is 5.73 Å². The third kappa shape index (κ3) is 2.80. The number of nitrogen functional groups attached to an aromatic ring is 1. The summed E-state index contributed by atoms with van der Waals surface area (Å²) in [6.45, 7) is 5.42. The Kier molecular flexibility index (Phi) is 4.77. The van der Waals surface area contributed by atoms with Gasteiger partial charge in [0, 0.05) is 17.3 Å². The lowest BCUT2D eigenvalue weighted by atomic mass is 10.1. The largest absolute Gasteiger partial charge is 0.396 e. The molecular weight excluding hydrogens is 186 g/mol. The molecule has 4 heteroatoms. The van der Waals surface area contributed by atoms with Crippen LogP contribution < -0.4 is 5.73 Å². The van der Waals surface area contributed by atoms with Crippen molar-refractivity contribution in [1.29, 1.82) is 5.41 Å². The van der Waals surface area contributed by atoms with Crippen molar-refractivity contribution in [3.8, 4) is 0 Å². The van der Waals surface area contributed by atoms with Crippen molar-refractivity contribution >= 4 is 11.4 Å². The van der Waals surface area contributed by atoms with Crippen molar-refractivity contribution in [2.45, 2.75) is 20.8 Å². The molecule has 1 rings (SSSR count). The van der Waals surface area contributed by atoms with E-state index in [0.717, 1.165) is 6.07 Å². The number of nitrogens with one attached hydrogen (secondary N) is 1. The van der Waals surface area contributed by atoms with E-state index in [1.807, 2.05) is 13.8 Å². The number of anilines is 1. The standard InChI is InChI=1S/C8H8F2N2.C2H6/c1-4(11)6-2-5(9)3-7(10)8(6)12;1-2/h2-3,11H,12H2,1H3;1-2H3. The van der Waals surface area contributed by atoms with Gasteiger partial charge in [-0.3, -0.25) is 0 Å². The predicted octanol–water partition coefficient (Wildman–Crippen LogP) is 2.96. The number of halogens is 2. The summed E-state index contributed by atoms with van der Waals surface area (Å²) in [5.41, 5.74) is 5.24. The molecule has 0 fully saturated rings. The van der Waals surface area contributed by atoms with E-state index in [2.05, 4.69) is 0 Å². The maximum absolute atomic E-state index is 12.7. The highest BCUT2D eigenvalue weighted by molar-refractivity contribution is 6.00. The van der Waals surface area contributed by atoms with Gasteiger partial charge in [-0.1, -0.05) is 13.8 Å². The number of rotatable bonds is 1. The van der Waals surface area contributed by atoms with E-state index >= 15 is 0 Å². The zero-order chi connectivity index (χ0) is 11.3. The highest BCUT2D eigenvalue weighted by Gasteiger charge is 2.08. The van der Waals surface area contributed by atoms with E-state index in [1.165, 1.54) is 6.92 Å². The molecule has 0 saturated carbocycles. The van der Waals surface area contributed by atoms with Crippen LogP contribution in [-0.2, 0) is 0 Å². The summed E-state index contributed by atoms with van der Waals surface area (Å²) in [6.07, 6.45) is 0. The van der Waals surface area contributed by atoms with Crippen molar-refractivity contribution in [1.82, 2.24) is 0 Å². The molecule has 0 amide bonds. The van der Waals surface area contributed by atoms with Gasteiger partial charge in [0.2, 0.25) is 0 Å². The van der Waals surface area contributed by atoms with Gasteiger partial charge in [0.15, 0.2) is 0 Å². The normalized spacial score (nSPS) is 8.93. The minimum atomic E-state index is -0.823. The average molecular weight is 200 g/mol. The minimum absolute atomic E-state index is 0.0471. The summed E-state index contributed by atoms with van der Waals surface area (Å²) in [6, 6.07) is 1.74. The van der Waals surface area contributed by atoms with Crippen molar-refractivity contribution < 1.29 is 8.78 Å². The monoisotopic (exact) mass is 200 g/mol. The van der Waals surface area contributed by atoms with Crippen LogP contribution in [0.15, 0.2) is 12.1 Å². The molecule has 1 aromatic carbocycles. The van der Waals surface area contributed by atoms with Crippen LogP contribution in [0.25, 0.3) is 0 Å². The molecule has 0 atom stereocenters. The Balaban J connectivity index is 0.000000791. The summed E-state index contributed by atoms with van der Waals surface area (Å²) in [5, 5.41) is 7.16. The highest BCUT2D eigenvalue weighted by Crippen LogP contribution is 2.18. The molecule has 0 bridgehead atoms. The minimum Gasteiger partial charge on any atom is -0.396 e. The van der Waals surface area contributed by atoms with Crippen LogP contribution in [0.3, 0.4) is 0 Å². The first-order chi connectivity index (χ1) is 6.52. The molecule has 0 aliphatic carbocycles. The van der Waals surface area contributed by atoms with Crippen molar-refractivity contribution in [3.05, 3.63) is 29.3 Å². The second kappa shape index (κ2) is 5.32. The molecule has 0 aliphatic rings. The lowest BCUT2D eigenvalue weighted by Crippen LogP contribution is -2.03. The average Bonchev–Trinajstić information content (AvgIpc) is 2.14. The summed E-state index contributed by atoms with van der Waals surface area (Å²) in [4.78, 5) is 0. The van der Waals surface area contributed by atoms with Gasteiger partial charge >= 0.3 is 0 Å². The van der Waals surface area contributed by atoms with Gasteiger partial charge in [-0.2, -0.15) is 0 Å². The Bertz CT molecular complexity index is 335. The summed E-state index contributed by atoms with van der Waals surface area (Å²) >= 11 is 0. The first-order valence-electron chi connectivity index (χ1n) is 4.32. The number of benzene rings is 1. The van der Waals surface area contributed by atoms with Crippen LogP contribution in [0.5, 0.6) is 0 Å². The van der Waals surface area contributed by atoms with Gasteiger partial charge in [-0.25, -0.2) is 8.78 Å². The fraction of sp³-hybridized carbons (Fsp3) is 0.300. The lowest BCUT2D eigenvalue weighted by molar-refractivity contribution is 0.586. The van der Waals surface area contributed by atoms with Crippen LogP contribution in [0.1, 0.15) is 26.3 Å². The Morgan fingerprint density at radius 2 is 1.79 bits per heavy atom. The smallest absolute Gasteiger partial charge is 0.149 e. The Hall–Kier alpha value is -1.45. The van der Waals surface area contributed by atoms with Gasteiger partial charge in [0.1, 0.15) is 11.6 Å². The predicted molar refractivity (Wildman–Crippen MR) is 54.6 cm³/mol. The molecule has 14 heavy (non-hydrogen) atoms. The van der Waals surface area contributed by atoms with Gasteiger partial charge in [0.25, 0.3) is 0 Å². The number of nitrogens with two attached hydrogens (primary N) is 1. The molecule has 3 N–H and O–H groups in total. The molecule has 78 valence electrons. The first-order valence-corrected chi connectivity index (χ1v) is 4.32. The second-order valence-corrected chi connectivity index (χ2v) is 2.47. The molecule has 0 aliphatic heterocycles. The fourth-order valence-corrected chi connectivity index (χ4v) is 0.895. The Morgan fingerprint density at radius 3 is 2.21 bits per heavy atom. The molecule has 0 heterocycles. The maximum atomic E-state index is 12.7. The Labute approximate surface area is 82.3 Å². The van der Waals surface area contributed by atoms with Gasteiger partial charge < -0.3 is 11.1 Å². The van der Waals surface area contributed by atoms with Crippen LogP contribution in [0.2, 0.25) is 0 Å². The number of hydrogen-bond acceptors (Lipinski definition) is 2. The van der Waals surface area contributed by atoms with E-state index in [-0.39, 0.29) is 17.0 Å². The molecular formula is C10H14F2N2. The third-order valence-electron chi connectivity index (χ3n) is 1.50. The fourth-order valence-electron chi connectivity index (χ4n) is 0.895. The quantitative estimate of drug-likeness (QED) is 0.531. The topological polar surface area (TPSA) is 49.9 Å². The lowest BCUT2D eigenvalue weighted by Gasteiger charge is -2.04. The summed E-state index contributed by atoms with van der Waals surface area (Å²) in [7, 11) is 0. The SMILES string of the molecule is CC.CC(=N)c1cc(F)cc(F)c1N. The van der Waals surface area contributed by atoms with E-state index in [4.69, 9.17) is 11.1 Å². The third-order valence-corrected chi connectivity index (χ3v) is 1.50. The van der Waals surface area contributed by atoms with E-state index in [0.29, 0.717) is 6.07 Å². The van der Waals surface area contributed by atoms with Gasteiger partial charge in [0.05, 0.1) is 5.69 Å². The second-order valence-electron chi connectivity index (χ2n) is 2.47. The first kappa shape index (κ1) is 12.6. The maximum Gasteiger partial charge on any atom is 0.149 e.